The number of hydrogen-bond donors (Lipinski definition) is 3. The zero-order chi connectivity index (χ0) is 23.3. The fraction of sp³-hybridized carbons (Fsp3) is 0.652. The van der Waals surface area contributed by atoms with Crippen LogP contribution >= 0.6 is 11.6 Å². The lowest BCUT2D eigenvalue weighted by Gasteiger charge is -2.26. The molecule has 2 aliphatic rings. The van der Waals surface area contributed by atoms with Crippen LogP contribution in [0.4, 0.5) is 0 Å². The van der Waals surface area contributed by atoms with Crippen LogP contribution in [-0.2, 0) is 4.74 Å². The van der Waals surface area contributed by atoms with Crippen molar-refractivity contribution in [3.63, 3.8) is 0 Å². The summed E-state index contributed by atoms with van der Waals surface area (Å²) in [5.41, 5.74) is 2.27. The van der Waals surface area contributed by atoms with Crippen molar-refractivity contribution in [3.05, 3.63) is 34.2 Å². The quantitative estimate of drug-likeness (QED) is 0.177. The van der Waals surface area contributed by atoms with E-state index in [9.17, 15) is 0 Å². The molecule has 3 N–H and O–H groups in total. The van der Waals surface area contributed by atoms with E-state index in [1.54, 1.807) is 12.1 Å². The van der Waals surface area contributed by atoms with E-state index < -0.39 is 0 Å². The van der Waals surface area contributed by atoms with E-state index in [1.165, 1.54) is 0 Å². The summed E-state index contributed by atoms with van der Waals surface area (Å²) in [6.07, 6.45) is 5.25. The van der Waals surface area contributed by atoms with Crippen LogP contribution in [0.25, 0.3) is 0 Å². The Hall–Kier alpha value is -1.71. The summed E-state index contributed by atoms with van der Waals surface area (Å²) in [5, 5.41) is 17.1. The molecule has 32 heavy (non-hydrogen) atoms. The second kappa shape index (κ2) is 14.4. The molecule has 1 saturated heterocycles. The lowest BCUT2D eigenvalue weighted by Crippen LogP contribution is -2.43. The average molecular weight is 466 g/mol. The highest BCUT2D eigenvalue weighted by Gasteiger charge is 2.14. The second-order valence-electron chi connectivity index (χ2n) is 8.29. The fourth-order valence-corrected chi connectivity index (χ4v) is 3.97. The molecule has 1 atom stereocenters. The number of hydrazone groups is 1. The van der Waals surface area contributed by atoms with E-state index in [0.29, 0.717) is 19.0 Å². The van der Waals surface area contributed by atoms with Crippen LogP contribution in [0, 0.1) is 5.92 Å². The van der Waals surface area contributed by atoms with E-state index in [0.717, 1.165) is 80.2 Å². The molecule has 0 spiro atoms. The Morgan fingerprint density at radius 2 is 2.06 bits per heavy atom. The maximum Gasteiger partial charge on any atom is 0.127 e. The molecule has 1 fully saturated rings. The van der Waals surface area contributed by atoms with Gasteiger partial charge in [0.25, 0.3) is 0 Å². The van der Waals surface area contributed by atoms with Crippen molar-refractivity contribution in [1.82, 2.24) is 25.9 Å². The standard InChI is InChI=1S/C23H40ClN7O/c1-18-6-7-20(21(24)14-18)16-28-15-19(2)23(30(5)26-4)29-22(25-3)17-27-8-9-31-10-12-32-13-11-31/h6-7,18,27-28H,4,8-17H2,1-3,5H3,(H,25,29)/b23-19+. The molecule has 2 rings (SSSR count). The first kappa shape index (κ1) is 26.5. The second-order valence-corrected chi connectivity index (χ2v) is 8.75. The number of aliphatic imine (C=N–C) groups is 1. The van der Waals surface area contributed by atoms with Crippen LogP contribution in [0.3, 0.4) is 0 Å². The van der Waals surface area contributed by atoms with Gasteiger partial charge < -0.3 is 20.7 Å². The first-order valence-electron chi connectivity index (χ1n) is 11.3. The van der Waals surface area contributed by atoms with Gasteiger partial charge >= 0.3 is 0 Å². The predicted octanol–water partition coefficient (Wildman–Crippen LogP) is 1.98. The van der Waals surface area contributed by atoms with Crippen LogP contribution in [0.2, 0.25) is 0 Å². The molecular formula is C23H40ClN7O. The smallest absolute Gasteiger partial charge is 0.127 e. The Morgan fingerprint density at radius 3 is 2.72 bits per heavy atom. The van der Waals surface area contributed by atoms with Crippen molar-refractivity contribution >= 4 is 24.2 Å². The highest BCUT2D eigenvalue weighted by molar-refractivity contribution is 6.30. The van der Waals surface area contributed by atoms with Crippen molar-refractivity contribution in [2.45, 2.75) is 20.3 Å². The van der Waals surface area contributed by atoms with Gasteiger partial charge in [-0.15, -0.1) is 0 Å². The highest BCUT2D eigenvalue weighted by Crippen LogP contribution is 2.25. The largest absolute Gasteiger partial charge is 0.379 e. The monoisotopic (exact) mass is 465 g/mol. The number of nitrogens with one attached hydrogen (secondary N) is 3. The minimum Gasteiger partial charge on any atom is -0.379 e. The third-order valence-electron chi connectivity index (χ3n) is 5.65. The molecule has 1 heterocycles. The third-order valence-corrected chi connectivity index (χ3v) is 6.05. The van der Waals surface area contributed by atoms with Crippen molar-refractivity contribution in [2.75, 3.05) is 73.1 Å². The molecule has 0 aromatic rings. The number of morpholine rings is 1. The molecule has 1 aliphatic heterocycles. The Labute approximate surface area is 198 Å². The number of allylic oxidation sites excluding steroid dienone is 2. The zero-order valence-electron chi connectivity index (χ0n) is 20.1. The Morgan fingerprint density at radius 1 is 1.31 bits per heavy atom. The number of rotatable bonds is 12. The minimum absolute atomic E-state index is 0.505. The van der Waals surface area contributed by atoms with Gasteiger partial charge in [-0.05, 0) is 30.4 Å². The molecule has 0 bridgehead atoms. The van der Waals surface area contributed by atoms with Gasteiger partial charge in [-0.3, -0.25) is 14.9 Å². The van der Waals surface area contributed by atoms with E-state index in [4.69, 9.17) is 16.3 Å². The van der Waals surface area contributed by atoms with Crippen molar-refractivity contribution in [1.29, 1.82) is 0 Å². The van der Waals surface area contributed by atoms with Crippen LogP contribution in [0.5, 0.6) is 0 Å². The van der Waals surface area contributed by atoms with Gasteiger partial charge in [0.2, 0.25) is 0 Å². The van der Waals surface area contributed by atoms with Crippen LogP contribution in [0.1, 0.15) is 20.3 Å². The molecule has 0 aromatic heterocycles. The summed E-state index contributed by atoms with van der Waals surface area (Å²) in [5.74, 6) is 2.23. The van der Waals surface area contributed by atoms with Crippen molar-refractivity contribution in [3.8, 4) is 0 Å². The summed E-state index contributed by atoms with van der Waals surface area (Å²) in [6.45, 7) is 15.6. The predicted molar refractivity (Wildman–Crippen MR) is 135 cm³/mol. The summed E-state index contributed by atoms with van der Waals surface area (Å²) in [4.78, 5) is 6.82. The molecule has 9 heteroatoms. The van der Waals surface area contributed by atoms with Crippen LogP contribution in [-0.4, -0.2) is 95.6 Å². The van der Waals surface area contributed by atoms with Crippen molar-refractivity contribution in [2.24, 2.45) is 16.0 Å². The SMILES string of the molecule is C=NN(C)/C(NC(CNCCN1CCOCC1)=NC)=C(\C)CNCC1=C(Cl)CC(C)C=C1. The Balaban J connectivity index is 1.86. The van der Waals surface area contributed by atoms with Gasteiger partial charge in [-0.1, -0.05) is 30.7 Å². The molecule has 0 aromatic carbocycles. The molecule has 180 valence electrons. The zero-order valence-corrected chi connectivity index (χ0v) is 20.8. The number of amidine groups is 1. The molecule has 1 unspecified atom stereocenters. The number of halogens is 1. The maximum absolute atomic E-state index is 6.43. The first-order valence-corrected chi connectivity index (χ1v) is 11.7. The summed E-state index contributed by atoms with van der Waals surface area (Å²) in [6, 6.07) is 0. The molecule has 0 radical (unpaired) electrons. The molecular weight excluding hydrogens is 426 g/mol. The molecule has 1 aliphatic carbocycles. The molecule has 8 nitrogen and oxygen atoms in total. The summed E-state index contributed by atoms with van der Waals surface area (Å²) in [7, 11) is 3.67. The lowest BCUT2D eigenvalue weighted by atomic mass is 9.98. The van der Waals surface area contributed by atoms with E-state index in [1.807, 2.05) is 7.05 Å². The van der Waals surface area contributed by atoms with Crippen LogP contribution in [0.15, 0.2) is 44.2 Å². The first-order chi connectivity index (χ1) is 15.4. The lowest BCUT2D eigenvalue weighted by molar-refractivity contribution is 0.0385. The minimum atomic E-state index is 0.505. The normalized spacial score (nSPS) is 20.9. The van der Waals surface area contributed by atoms with Gasteiger partial charge in [0.15, 0.2) is 0 Å². The van der Waals surface area contributed by atoms with E-state index in [-0.39, 0.29) is 0 Å². The fourth-order valence-electron chi connectivity index (χ4n) is 3.59. The van der Waals surface area contributed by atoms with Gasteiger partial charge in [-0.2, -0.15) is 5.10 Å². The highest BCUT2D eigenvalue weighted by atomic mass is 35.5. The average Bonchev–Trinajstić information content (AvgIpc) is 2.80. The van der Waals surface area contributed by atoms with E-state index >= 15 is 0 Å². The van der Waals surface area contributed by atoms with Crippen LogP contribution < -0.4 is 16.0 Å². The van der Waals surface area contributed by atoms with Gasteiger partial charge in [0.05, 0.1) is 19.8 Å². The topological polar surface area (TPSA) is 76.5 Å². The van der Waals surface area contributed by atoms with E-state index in [2.05, 4.69) is 63.7 Å². The summed E-state index contributed by atoms with van der Waals surface area (Å²) < 4.78 is 5.40. The number of hydrogen-bond acceptors (Lipinski definition) is 7. The summed E-state index contributed by atoms with van der Waals surface area (Å²) >= 11 is 6.43. The van der Waals surface area contributed by atoms with Gasteiger partial charge in [0, 0.05) is 65.1 Å². The van der Waals surface area contributed by atoms with Crippen molar-refractivity contribution < 1.29 is 4.74 Å². The van der Waals surface area contributed by atoms with Gasteiger partial charge in [0.1, 0.15) is 11.7 Å². The third kappa shape index (κ3) is 9.03. The molecule has 0 saturated carbocycles. The number of ether oxygens (including phenoxy) is 1. The Bertz CT molecular complexity index is 726. The Kier molecular flexibility index (Phi) is 12.0. The maximum atomic E-state index is 6.43. The number of nitrogens with zero attached hydrogens (tertiary/aromatic N) is 4. The van der Waals surface area contributed by atoms with Gasteiger partial charge in [-0.25, -0.2) is 0 Å². The molecule has 0 amide bonds.